The monoisotopic (exact) mass is 289 g/mol. The Hall–Kier alpha value is -1.02. The van der Waals surface area contributed by atoms with Crippen LogP contribution in [0.25, 0.3) is 0 Å². The quantitative estimate of drug-likeness (QED) is 0.738. The molecule has 0 spiro atoms. The first-order valence-corrected chi connectivity index (χ1v) is 8.52. The van der Waals surface area contributed by atoms with Gasteiger partial charge in [0.25, 0.3) is 0 Å². The Morgan fingerprint density at radius 2 is 1.90 bits per heavy atom. The maximum Gasteiger partial charge on any atom is 0.125 e. The van der Waals surface area contributed by atoms with Gasteiger partial charge in [0.1, 0.15) is 11.4 Å². The SMILES string of the molecule is CCCCCNC1CC(C)(CC)Oc2cc(C)c(C)cc21. The molecule has 0 fully saturated rings. The topological polar surface area (TPSA) is 21.3 Å². The van der Waals surface area contributed by atoms with Crippen molar-refractivity contribution in [3.05, 3.63) is 28.8 Å². The van der Waals surface area contributed by atoms with Gasteiger partial charge >= 0.3 is 0 Å². The number of hydrogen-bond acceptors (Lipinski definition) is 2. The zero-order valence-electron chi connectivity index (χ0n) is 14.4. The van der Waals surface area contributed by atoms with E-state index in [1.807, 2.05) is 0 Å². The van der Waals surface area contributed by atoms with Crippen LogP contribution < -0.4 is 10.1 Å². The van der Waals surface area contributed by atoms with Crippen molar-refractivity contribution in [1.29, 1.82) is 0 Å². The van der Waals surface area contributed by atoms with E-state index in [-0.39, 0.29) is 5.60 Å². The molecule has 0 amide bonds. The van der Waals surface area contributed by atoms with Crippen LogP contribution in [0.5, 0.6) is 5.75 Å². The average Bonchev–Trinajstić information content (AvgIpc) is 2.45. The summed E-state index contributed by atoms with van der Waals surface area (Å²) in [5.41, 5.74) is 3.98. The third-order valence-corrected chi connectivity index (χ3v) is 4.91. The number of nitrogens with one attached hydrogen (secondary N) is 1. The van der Waals surface area contributed by atoms with Crippen LogP contribution in [0.3, 0.4) is 0 Å². The van der Waals surface area contributed by atoms with Crippen molar-refractivity contribution in [2.45, 2.75) is 78.4 Å². The number of unbranched alkanes of at least 4 members (excludes halogenated alkanes) is 2. The Morgan fingerprint density at radius 3 is 2.57 bits per heavy atom. The molecule has 0 saturated heterocycles. The number of rotatable bonds is 6. The molecular formula is C19H31NO. The molecule has 0 aromatic heterocycles. The van der Waals surface area contributed by atoms with Crippen molar-refractivity contribution in [2.24, 2.45) is 0 Å². The van der Waals surface area contributed by atoms with Gasteiger partial charge in [-0.2, -0.15) is 0 Å². The van der Waals surface area contributed by atoms with Gasteiger partial charge in [0.15, 0.2) is 0 Å². The van der Waals surface area contributed by atoms with Gasteiger partial charge < -0.3 is 10.1 Å². The van der Waals surface area contributed by atoms with Gasteiger partial charge in [-0.25, -0.2) is 0 Å². The highest BCUT2D eigenvalue weighted by Crippen LogP contribution is 2.42. The van der Waals surface area contributed by atoms with Crippen LogP contribution in [0.4, 0.5) is 0 Å². The second-order valence-corrected chi connectivity index (χ2v) is 6.80. The molecule has 21 heavy (non-hydrogen) atoms. The number of aryl methyl sites for hydroxylation is 2. The standard InChI is InChI=1S/C19H31NO/c1-6-8-9-10-20-17-13-19(5,7-2)21-18-12-15(4)14(3)11-16(17)18/h11-12,17,20H,6-10,13H2,1-5H3. The molecule has 1 aliphatic heterocycles. The van der Waals surface area contributed by atoms with E-state index in [1.54, 1.807) is 0 Å². The molecular weight excluding hydrogens is 258 g/mol. The van der Waals surface area contributed by atoms with E-state index >= 15 is 0 Å². The van der Waals surface area contributed by atoms with Crippen molar-refractivity contribution in [2.75, 3.05) is 6.54 Å². The van der Waals surface area contributed by atoms with Gasteiger partial charge in [0.2, 0.25) is 0 Å². The number of fused-ring (bicyclic) bond motifs is 1. The first-order chi connectivity index (χ1) is 9.99. The molecule has 2 unspecified atom stereocenters. The van der Waals surface area contributed by atoms with E-state index in [4.69, 9.17) is 4.74 Å². The molecule has 118 valence electrons. The van der Waals surface area contributed by atoms with E-state index in [1.165, 1.54) is 36.0 Å². The Kier molecular flexibility index (Phi) is 5.32. The van der Waals surface area contributed by atoms with Crippen LogP contribution in [0.15, 0.2) is 12.1 Å². The summed E-state index contributed by atoms with van der Waals surface area (Å²) in [4.78, 5) is 0. The van der Waals surface area contributed by atoms with Crippen molar-refractivity contribution >= 4 is 0 Å². The van der Waals surface area contributed by atoms with Crippen LogP contribution in [0.2, 0.25) is 0 Å². The Labute approximate surface area is 130 Å². The van der Waals surface area contributed by atoms with Crippen LogP contribution in [0.1, 0.15) is 75.6 Å². The summed E-state index contributed by atoms with van der Waals surface area (Å²) < 4.78 is 6.32. The van der Waals surface area contributed by atoms with Crippen LogP contribution in [0, 0.1) is 13.8 Å². The molecule has 2 heteroatoms. The molecule has 1 N–H and O–H groups in total. The molecule has 0 saturated carbocycles. The second kappa shape index (κ2) is 6.83. The predicted molar refractivity (Wildman–Crippen MR) is 90.1 cm³/mol. The van der Waals surface area contributed by atoms with Gasteiger partial charge in [0.05, 0.1) is 0 Å². The predicted octanol–water partition coefficient (Wildman–Crippen LogP) is 5.08. The summed E-state index contributed by atoms with van der Waals surface area (Å²) in [6.45, 7) is 12.2. The largest absolute Gasteiger partial charge is 0.487 e. The van der Waals surface area contributed by atoms with Crippen molar-refractivity contribution in [3.63, 3.8) is 0 Å². The van der Waals surface area contributed by atoms with Gasteiger partial charge in [0, 0.05) is 18.0 Å². The zero-order chi connectivity index (χ0) is 15.5. The Balaban J connectivity index is 2.21. The summed E-state index contributed by atoms with van der Waals surface area (Å²) >= 11 is 0. The Bertz CT molecular complexity index is 483. The number of ether oxygens (including phenoxy) is 1. The van der Waals surface area contributed by atoms with E-state index in [9.17, 15) is 0 Å². The Morgan fingerprint density at radius 1 is 1.19 bits per heavy atom. The normalized spacial score (nSPS) is 24.5. The fraction of sp³-hybridized carbons (Fsp3) is 0.684. The van der Waals surface area contributed by atoms with Crippen molar-refractivity contribution in [1.82, 2.24) is 5.32 Å². The lowest BCUT2D eigenvalue weighted by Crippen LogP contribution is -2.41. The maximum atomic E-state index is 6.32. The van der Waals surface area contributed by atoms with E-state index in [0.29, 0.717) is 6.04 Å². The molecule has 1 aromatic rings. The van der Waals surface area contributed by atoms with Gasteiger partial charge in [-0.05, 0) is 57.4 Å². The van der Waals surface area contributed by atoms with Crippen molar-refractivity contribution < 1.29 is 4.74 Å². The smallest absolute Gasteiger partial charge is 0.125 e. The average molecular weight is 289 g/mol. The number of hydrogen-bond donors (Lipinski definition) is 1. The minimum Gasteiger partial charge on any atom is -0.487 e. The van der Waals surface area contributed by atoms with Crippen LogP contribution >= 0.6 is 0 Å². The first kappa shape index (κ1) is 16.4. The third kappa shape index (κ3) is 3.79. The first-order valence-electron chi connectivity index (χ1n) is 8.52. The highest BCUT2D eigenvalue weighted by atomic mass is 16.5. The maximum absolute atomic E-state index is 6.32. The second-order valence-electron chi connectivity index (χ2n) is 6.80. The van der Waals surface area contributed by atoms with Crippen LogP contribution in [-0.4, -0.2) is 12.1 Å². The number of benzene rings is 1. The minimum atomic E-state index is -0.0445. The lowest BCUT2D eigenvalue weighted by Gasteiger charge is -2.40. The van der Waals surface area contributed by atoms with Gasteiger partial charge in [-0.1, -0.05) is 32.8 Å². The lowest BCUT2D eigenvalue weighted by atomic mass is 9.85. The molecule has 1 aliphatic rings. The van der Waals surface area contributed by atoms with E-state index in [2.05, 4.69) is 52.1 Å². The lowest BCUT2D eigenvalue weighted by molar-refractivity contribution is 0.0441. The van der Waals surface area contributed by atoms with Crippen molar-refractivity contribution in [3.8, 4) is 5.75 Å². The minimum absolute atomic E-state index is 0.0445. The summed E-state index contributed by atoms with van der Waals surface area (Å²) in [6.07, 6.45) is 5.95. The molecule has 0 radical (unpaired) electrons. The molecule has 0 bridgehead atoms. The summed E-state index contributed by atoms with van der Waals surface area (Å²) in [6, 6.07) is 4.96. The highest BCUT2D eigenvalue weighted by molar-refractivity contribution is 5.45. The molecule has 1 heterocycles. The molecule has 0 aliphatic carbocycles. The fourth-order valence-electron chi connectivity index (χ4n) is 3.07. The molecule has 2 rings (SSSR count). The summed E-state index contributed by atoms with van der Waals surface area (Å²) in [5.74, 6) is 1.08. The van der Waals surface area contributed by atoms with E-state index in [0.717, 1.165) is 25.1 Å². The molecule has 2 atom stereocenters. The molecule has 2 nitrogen and oxygen atoms in total. The summed E-state index contributed by atoms with van der Waals surface area (Å²) in [7, 11) is 0. The zero-order valence-corrected chi connectivity index (χ0v) is 14.4. The fourth-order valence-corrected chi connectivity index (χ4v) is 3.07. The third-order valence-electron chi connectivity index (χ3n) is 4.91. The highest BCUT2D eigenvalue weighted by Gasteiger charge is 2.35. The van der Waals surface area contributed by atoms with Gasteiger partial charge in [-0.15, -0.1) is 0 Å². The van der Waals surface area contributed by atoms with Gasteiger partial charge in [-0.3, -0.25) is 0 Å². The molecule has 1 aromatic carbocycles. The van der Waals surface area contributed by atoms with E-state index < -0.39 is 0 Å². The van der Waals surface area contributed by atoms with Crippen LogP contribution in [-0.2, 0) is 0 Å². The summed E-state index contributed by atoms with van der Waals surface area (Å²) in [5, 5.41) is 3.77.